The Bertz CT molecular complexity index is 651. The largest absolute Gasteiger partial charge is 0.457 e. The third-order valence-electron chi connectivity index (χ3n) is 2.80. The molecule has 0 aromatic heterocycles. The summed E-state index contributed by atoms with van der Waals surface area (Å²) in [5, 5.41) is 0. The monoisotopic (exact) mass is 300 g/mol. The number of benzene rings is 2. The fourth-order valence-corrected chi connectivity index (χ4v) is 1.69. The van der Waals surface area contributed by atoms with E-state index >= 15 is 0 Å². The Morgan fingerprint density at radius 1 is 0.955 bits per heavy atom. The van der Waals surface area contributed by atoms with E-state index < -0.39 is 5.91 Å². The van der Waals surface area contributed by atoms with Crippen molar-refractivity contribution in [3.63, 3.8) is 0 Å². The fraction of sp³-hybridized carbons (Fsp3) is 0.125. The highest BCUT2D eigenvalue weighted by Crippen LogP contribution is 2.22. The van der Waals surface area contributed by atoms with Gasteiger partial charge >= 0.3 is 0 Å². The molecule has 0 unspecified atom stereocenters. The fourth-order valence-electron chi connectivity index (χ4n) is 1.69. The number of hydrogen-bond acceptors (Lipinski definition) is 4. The number of carbonyl (C=O) groups is 2. The van der Waals surface area contributed by atoms with Crippen LogP contribution >= 0.6 is 0 Å². The van der Waals surface area contributed by atoms with Crippen LogP contribution in [0.4, 0.5) is 0 Å². The molecule has 22 heavy (non-hydrogen) atoms. The second-order valence-corrected chi connectivity index (χ2v) is 4.38. The van der Waals surface area contributed by atoms with Gasteiger partial charge in [0.2, 0.25) is 5.91 Å². The van der Waals surface area contributed by atoms with Gasteiger partial charge in [-0.05, 0) is 55.5 Å². The summed E-state index contributed by atoms with van der Waals surface area (Å²) in [6.07, 6.45) is 0. The molecule has 114 valence electrons. The SMILES string of the molecule is CCONC(=O)c1ccc(Oc2ccc(C(N)=O)cc2)cc1. The van der Waals surface area contributed by atoms with Crippen molar-refractivity contribution in [3.8, 4) is 11.5 Å². The second-order valence-electron chi connectivity index (χ2n) is 4.38. The smallest absolute Gasteiger partial charge is 0.274 e. The summed E-state index contributed by atoms with van der Waals surface area (Å²) in [6, 6.07) is 13.1. The molecule has 0 aliphatic carbocycles. The van der Waals surface area contributed by atoms with E-state index in [1.807, 2.05) is 0 Å². The number of hydroxylamine groups is 1. The number of rotatable bonds is 6. The lowest BCUT2D eigenvalue weighted by Crippen LogP contribution is -2.23. The van der Waals surface area contributed by atoms with Gasteiger partial charge in [-0.1, -0.05) is 0 Å². The first-order valence-corrected chi connectivity index (χ1v) is 6.70. The molecule has 0 radical (unpaired) electrons. The first-order chi connectivity index (χ1) is 10.6. The minimum Gasteiger partial charge on any atom is -0.457 e. The van der Waals surface area contributed by atoms with E-state index in [0.29, 0.717) is 29.2 Å². The van der Waals surface area contributed by atoms with Crippen LogP contribution in [0.25, 0.3) is 0 Å². The second kappa shape index (κ2) is 7.24. The van der Waals surface area contributed by atoms with E-state index in [9.17, 15) is 9.59 Å². The van der Waals surface area contributed by atoms with E-state index in [1.165, 1.54) is 0 Å². The third kappa shape index (κ3) is 4.07. The molecule has 6 nitrogen and oxygen atoms in total. The number of carbonyl (C=O) groups excluding carboxylic acids is 2. The summed E-state index contributed by atoms with van der Waals surface area (Å²) in [7, 11) is 0. The summed E-state index contributed by atoms with van der Waals surface area (Å²) >= 11 is 0. The molecule has 2 aromatic rings. The highest BCUT2D eigenvalue weighted by Gasteiger charge is 2.06. The van der Waals surface area contributed by atoms with Gasteiger partial charge in [0.15, 0.2) is 0 Å². The molecule has 0 bridgehead atoms. The van der Waals surface area contributed by atoms with Gasteiger partial charge in [-0.3, -0.25) is 14.4 Å². The van der Waals surface area contributed by atoms with Crippen molar-refractivity contribution in [2.75, 3.05) is 6.61 Å². The molecular weight excluding hydrogens is 284 g/mol. The Kier molecular flexibility index (Phi) is 5.11. The van der Waals surface area contributed by atoms with Crippen molar-refractivity contribution >= 4 is 11.8 Å². The van der Waals surface area contributed by atoms with Crippen molar-refractivity contribution in [1.29, 1.82) is 0 Å². The molecule has 0 atom stereocenters. The predicted octanol–water partition coefficient (Wildman–Crippen LogP) is 2.26. The summed E-state index contributed by atoms with van der Waals surface area (Å²) in [5.41, 5.74) is 8.35. The van der Waals surface area contributed by atoms with Gasteiger partial charge in [0.1, 0.15) is 11.5 Å². The van der Waals surface area contributed by atoms with Crippen LogP contribution in [0, 0.1) is 0 Å². The van der Waals surface area contributed by atoms with E-state index in [-0.39, 0.29) is 5.91 Å². The lowest BCUT2D eigenvalue weighted by Gasteiger charge is -2.07. The summed E-state index contributed by atoms with van der Waals surface area (Å²) < 4.78 is 5.61. The molecule has 0 aliphatic rings. The summed E-state index contributed by atoms with van der Waals surface area (Å²) in [6.45, 7) is 2.18. The average molecular weight is 300 g/mol. The number of nitrogens with two attached hydrogens (primary N) is 1. The molecule has 0 saturated carbocycles. The minimum atomic E-state index is -0.490. The van der Waals surface area contributed by atoms with Gasteiger partial charge in [-0.2, -0.15) is 0 Å². The quantitative estimate of drug-likeness (QED) is 0.801. The summed E-state index contributed by atoms with van der Waals surface area (Å²) in [5.74, 6) is 0.326. The molecule has 0 heterocycles. The first kappa shape index (κ1) is 15.5. The van der Waals surface area contributed by atoms with Crippen LogP contribution in [-0.4, -0.2) is 18.4 Å². The Labute approximate surface area is 127 Å². The molecule has 0 spiro atoms. The van der Waals surface area contributed by atoms with Crippen LogP contribution in [0.3, 0.4) is 0 Å². The van der Waals surface area contributed by atoms with Crippen molar-refractivity contribution in [1.82, 2.24) is 5.48 Å². The molecule has 0 fully saturated rings. The van der Waals surface area contributed by atoms with Crippen molar-refractivity contribution in [2.45, 2.75) is 6.92 Å². The lowest BCUT2D eigenvalue weighted by atomic mass is 10.2. The van der Waals surface area contributed by atoms with Gasteiger partial charge in [0.25, 0.3) is 5.91 Å². The van der Waals surface area contributed by atoms with Gasteiger partial charge in [-0.25, -0.2) is 5.48 Å². The maximum atomic E-state index is 11.7. The predicted molar refractivity (Wildman–Crippen MR) is 80.6 cm³/mol. The number of hydrogen-bond donors (Lipinski definition) is 2. The highest BCUT2D eigenvalue weighted by molar-refractivity contribution is 5.93. The number of nitrogens with one attached hydrogen (secondary N) is 1. The van der Waals surface area contributed by atoms with Crippen LogP contribution < -0.4 is 16.0 Å². The maximum absolute atomic E-state index is 11.7. The lowest BCUT2D eigenvalue weighted by molar-refractivity contribution is 0.0364. The first-order valence-electron chi connectivity index (χ1n) is 6.70. The molecule has 2 rings (SSSR count). The highest BCUT2D eigenvalue weighted by atomic mass is 16.6. The molecular formula is C16H16N2O4. The minimum absolute atomic E-state index is 0.320. The van der Waals surface area contributed by atoms with Crippen LogP contribution in [-0.2, 0) is 4.84 Å². The standard InChI is InChI=1S/C16H16N2O4/c1-2-21-18-16(20)12-5-9-14(10-6-12)22-13-7-3-11(4-8-13)15(17)19/h3-10H,2H2,1H3,(H2,17,19)(H,18,20). The molecule has 2 aromatic carbocycles. The van der Waals surface area contributed by atoms with E-state index in [1.54, 1.807) is 55.5 Å². The van der Waals surface area contributed by atoms with Crippen molar-refractivity contribution in [2.24, 2.45) is 5.73 Å². The maximum Gasteiger partial charge on any atom is 0.274 e. The summed E-state index contributed by atoms with van der Waals surface area (Å²) in [4.78, 5) is 27.5. The topological polar surface area (TPSA) is 90.7 Å². The Morgan fingerprint density at radius 3 is 1.91 bits per heavy atom. The Hall–Kier alpha value is -2.86. The van der Waals surface area contributed by atoms with E-state index in [0.717, 1.165) is 0 Å². The van der Waals surface area contributed by atoms with Crippen LogP contribution in [0.15, 0.2) is 48.5 Å². The zero-order valence-corrected chi connectivity index (χ0v) is 12.0. The van der Waals surface area contributed by atoms with Gasteiger partial charge in [0, 0.05) is 11.1 Å². The van der Waals surface area contributed by atoms with Gasteiger partial charge in [0.05, 0.1) is 6.61 Å². The number of primary amides is 1. The molecule has 2 amide bonds. The molecule has 3 N–H and O–H groups in total. The normalized spacial score (nSPS) is 10.0. The average Bonchev–Trinajstić information content (AvgIpc) is 2.54. The van der Waals surface area contributed by atoms with E-state index in [4.69, 9.17) is 15.3 Å². The van der Waals surface area contributed by atoms with Gasteiger partial charge < -0.3 is 10.5 Å². The zero-order chi connectivity index (χ0) is 15.9. The van der Waals surface area contributed by atoms with Crippen molar-refractivity contribution in [3.05, 3.63) is 59.7 Å². The Balaban J connectivity index is 2.01. The molecule has 6 heteroatoms. The van der Waals surface area contributed by atoms with Crippen LogP contribution in [0.5, 0.6) is 11.5 Å². The number of ether oxygens (including phenoxy) is 1. The number of amides is 2. The van der Waals surface area contributed by atoms with Crippen LogP contribution in [0.2, 0.25) is 0 Å². The van der Waals surface area contributed by atoms with Crippen molar-refractivity contribution < 1.29 is 19.2 Å². The van der Waals surface area contributed by atoms with Gasteiger partial charge in [-0.15, -0.1) is 0 Å². The third-order valence-corrected chi connectivity index (χ3v) is 2.80. The molecule has 0 aliphatic heterocycles. The van der Waals surface area contributed by atoms with Crippen LogP contribution in [0.1, 0.15) is 27.6 Å². The van der Waals surface area contributed by atoms with E-state index in [2.05, 4.69) is 5.48 Å². The zero-order valence-electron chi connectivity index (χ0n) is 12.0. The molecule has 0 saturated heterocycles. The Morgan fingerprint density at radius 2 is 1.45 bits per heavy atom.